The highest BCUT2D eigenvalue weighted by Gasteiger charge is 2.16. The Bertz CT molecular complexity index is 1080. The molecule has 0 bridgehead atoms. The lowest BCUT2D eigenvalue weighted by Crippen LogP contribution is -2.13. The molecule has 1 aromatic heterocycles. The van der Waals surface area contributed by atoms with Crippen LogP contribution < -0.4 is 20.3 Å². The van der Waals surface area contributed by atoms with E-state index in [1.165, 1.54) is 6.07 Å². The van der Waals surface area contributed by atoms with E-state index >= 15 is 0 Å². The maximum absolute atomic E-state index is 12.4. The Morgan fingerprint density at radius 2 is 1.81 bits per heavy atom. The topological polar surface area (TPSA) is 66.6 Å². The molecule has 0 unspecified atom stereocenters. The van der Waals surface area contributed by atoms with E-state index in [9.17, 15) is 4.79 Å². The largest absolute Gasteiger partial charge is 0.493 e. The molecule has 0 atom stereocenters. The van der Waals surface area contributed by atoms with Crippen LogP contribution in [0.2, 0.25) is 10.0 Å². The molecule has 31 heavy (non-hydrogen) atoms. The molecule has 2 N–H and O–H groups in total. The van der Waals surface area contributed by atoms with Gasteiger partial charge in [-0.05, 0) is 64.2 Å². The number of unbranched alkanes of at least 4 members (excludes halogenated alkanes) is 2. The van der Waals surface area contributed by atoms with Crippen molar-refractivity contribution in [2.75, 3.05) is 39.7 Å². The number of fused-ring (bicyclic) bond motifs is 1. The Morgan fingerprint density at radius 1 is 1.06 bits per heavy atom. The monoisotopic (exact) mass is 463 g/mol. The summed E-state index contributed by atoms with van der Waals surface area (Å²) < 4.78 is 11.6. The Balaban J connectivity index is 1.91. The van der Waals surface area contributed by atoms with Gasteiger partial charge in [0.1, 0.15) is 0 Å². The van der Waals surface area contributed by atoms with Crippen molar-refractivity contribution in [3.8, 4) is 11.5 Å². The molecule has 3 aromatic rings. The zero-order chi connectivity index (χ0) is 22.4. The highest BCUT2D eigenvalue weighted by atomic mass is 35.5. The average Bonchev–Trinajstić information content (AvgIpc) is 2.72. The first-order valence-electron chi connectivity index (χ1n) is 10.1. The summed E-state index contributed by atoms with van der Waals surface area (Å²) >= 11 is 12.6. The van der Waals surface area contributed by atoms with Crippen molar-refractivity contribution in [1.82, 2.24) is 9.88 Å². The summed E-state index contributed by atoms with van der Waals surface area (Å²) in [5, 5.41) is 4.89. The van der Waals surface area contributed by atoms with Gasteiger partial charge in [0.15, 0.2) is 11.5 Å². The molecule has 3 rings (SSSR count). The molecule has 1 heterocycles. The summed E-state index contributed by atoms with van der Waals surface area (Å²) in [6.45, 7) is 1.57. The number of aromatic amines is 1. The molecule has 2 aromatic carbocycles. The minimum atomic E-state index is -0.276. The van der Waals surface area contributed by atoms with Crippen LogP contribution in [0.4, 0.5) is 11.4 Å². The van der Waals surface area contributed by atoms with Crippen LogP contribution in [0.5, 0.6) is 11.5 Å². The summed E-state index contributed by atoms with van der Waals surface area (Å²) in [5.41, 5.74) is 1.40. The number of halogens is 2. The van der Waals surface area contributed by atoms with E-state index < -0.39 is 0 Å². The number of anilines is 2. The molecular weight excluding hydrogens is 437 g/mol. The van der Waals surface area contributed by atoms with Gasteiger partial charge in [0.05, 0.1) is 40.7 Å². The number of ether oxygens (including phenoxy) is 2. The van der Waals surface area contributed by atoms with Gasteiger partial charge in [0.2, 0.25) is 0 Å². The Hall–Kier alpha value is -2.41. The van der Waals surface area contributed by atoms with Gasteiger partial charge in [-0.2, -0.15) is 0 Å². The summed E-state index contributed by atoms with van der Waals surface area (Å²) in [5.74, 6) is 1.07. The first kappa shape index (κ1) is 23.3. The molecule has 8 heteroatoms. The van der Waals surface area contributed by atoms with Crippen molar-refractivity contribution in [2.45, 2.75) is 19.3 Å². The number of hydrogen-bond acceptors (Lipinski definition) is 5. The first-order chi connectivity index (χ1) is 14.9. The van der Waals surface area contributed by atoms with Crippen molar-refractivity contribution in [1.29, 1.82) is 0 Å². The van der Waals surface area contributed by atoms with Crippen LogP contribution in [0.25, 0.3) is 10.9 Å². The van der Waals surface area contributed by atoms with Crippen LogP contribution in [-0.4, -0.2) is 44.2 Å². The third-order valence-electron chi connectivity index (χ3n) is 4.87. The summed E-state index contributed by atoms with van der Waals surface area (Å²) in [6.07, 6.45) is 3.07. The second kappa shape index (κ2) is 10.8. The maximum atomic E-state index is 12.4. The lowest BCUT2D eigenvalue weighted by atomic mass is 10.1. The predicted molar refractivity (Wildman–Crippen MR) is 129 cm³/mol. The van der Waals surface area contributed by atoms with Crippen molar-refractivity contribution in [3.63, 3.8) is 0 Å². The quantitative estimate of drug-likeness (QED) is 0.377. The second-order valence-electron chi connectivity index (χ2n) is 7.50. The van der Waals surface area contributed by atoms with Gasteiger partial charge in [0, 0.05) is 11.5 Å². The van der Waals surface area contributed by atoms with Gasteiger partial charge < -0.3 is 24.7 Å². The number of para-hydroxylation sites is 1. The number of pyridine rings is 1. The van der Waals surface area contributed by atoms with E-state index in [0.717, 1.165) is 31.2 Å². The second-order valence-corrected chi connectivity index (χ2v) is 8.32. The number of hydrogen-bond donors (Lipinski definition) is 2. The number of methoxy groups -OCH3 is 1. The Morgan fingerprint density at radius 3 is 2.48 bits per heavy atom. The van der Waals surface area contributed by atoms with Crippen molar-refractivity contribution >= 4 is 45.5 Å². The zero-order valence-corrected chi connectivity index (χ0v) is 19.4. The fourth-order valence-corrected chi connectivity index (χ4v) is 3.81. The summed E-state index contributed by atoms with van der Waals surface area (Å²) in [6, 6.07) is 10.4. The van der Waals surface area contributed by atoms with Crippen molar-refractivity contribution < 1.29 is 9.47 Å². The third kappa shape index (κ3) is 5.85. The van der Waals surface area contributed by atoms with Crippen LogP contribution in [0.3, 0.4) is 0 Å². The first-order valence-corrected chi connectivity index (χ1v) is 10.9. The number of nitrogens with zero attached hydrogens (tertiary/aromatic N) is 1. The zero-order valence-electron chi connectivity index (χ0n) is 17.9. The molecule has 0 saturated carbocycles. The predicted octanol–water partition coefficient (Wildman–Crippen LogP) is 5.70. The van der Waals surface area contributed by atoms with E-state index in [2.05, 4.69) is 29.3 Å². The van der Waals surface area contributed by atoms with E-state index in [-0.39, 0.29) is 5.56 Å². The number of aromatic nitrogens is 1. The smallest absolute Gasteiger partial charge is 0.250 e. The fourth-order valence-electron chi connectivity index (χ4n) is 3.32. The van der Waals surface area contributed by atoms with E-state index in [4.69, 9.17) is 32.7 Å². The minimum absolute atomic E-state index is 0.276. The molecule has 6 nitrogen and oxygen atoms in total. The molecule has 0 aliphatic heterocycles. The van der Waals surface area contributed by atoms with Gasteiger partial charge in [-0.1, -0.05) is 29.3 Å². The van der Waals surface area contributed by atoms with E-state index in [1.54, 1.807) is 25.3 Å². The van der Waals surface area contributed by atoms with E-state index in [0.29, 0.717) is 45.0 Å². The van der Waals surface area contributed by atoms with Gasteiger partial charge in [-0.25, -0.2) is 0 Å². The van der Waals surface area contributed by atoms with Gasteiger partial charge >= 0.3 is 0 Å². The molecular formula is C23H27Cl2N3O3. The molecule has 0 aliphatic rings. The number of rotatable bonds is 10. The van der Waals surface area contributed by atoms with Crippen molar-refractivity contribution in [3.05, 3.63) is 56.8 Å². The van der Waals surface area contributed by atoms with Crippen LogP contribution in [-0.2, 0) is 0 Å². The van der Waals surface area contributed by atoms with Gasteiger partial charge in [0.25, 0.3) is 5.56 Å². The molecule has 0 amide bonds. The normalized spacial score (nSPS) is 11.2. The number of H-pyrrole nitrogens is 1. The van der Waals surface area contributed by atoms with Crippen molar-refractivity contribution in [2.24, 2.45) is 0 Å². The SMILES string of the molecule is COc1ccc2c(Nc3c(Cl)cccc3Cl)cc(=O)[nH]c2c1OCCCCCN(C)C. The molecule has 0 spiro atoms. The highest BCUT2D eigenvalue weighted by Crippen LogP contribution is 2.39. The van der Waals surface area contributed by atoms with Crippen LogP contribution in [0.1, 0.15) is 19.3 Å². The van der Waals surface area contributed by atoms with Crippen LogP contribution in [0, 0.1) is 0 Å². The van der Waals surface area contributed by atoms with Gasteiger partial charge in [-0.3, -0.25) is 4.79 Å². The third-order valence-corrected chi connectivity index (χ3v) is 5.50. The standard InChI is InChI=1S/C23H27Cl2N3O3/c1-28(2)12-5-4-6-13-31-23-19(30-3)11-10-15-18(14-20(29)27-21(15)23)26-22-16(24)8-7-9-17(22)25/h7-11,14H,4-6,12-13H2,1-3H3,(H2,26,27,29). The number of benzene rings is 2. The minimum Gasteiger partial charge on any atom is -0.493 e. The molecule has 166 valence electrons. The fraction of sp³-hybridized carbons (Fsp3) is 0.348. The summed E-state index contributed by atoms with van der Waals surface area (Å²) in [4.78, 5) is 17.5. The highest BCUT2D eigenvalue weighted by molar-refractivity contribution is 6.39. The lowest BCUT2D eigenvalue weighted by Gasteiger charge is -2.16. The Kier molecular flexibility index (Phi) is 8.07. The molecule has 0 aliphatic carbocycles. The molecule has 0 radical (unpaired) electrons. The lowest BCUT2D eigenvalue weighted by molar-refractivity contribution is 0.284. The van der Waals surface area contributed by atoms with Crippen LogP contribution in [0.15, 0.2) is 41.2 Å². The Labute approximate surface area is 192 Å². The maximum Gasteiger partial charge on any atom is 0.250 e. The summed E-state index contributed by atoms with van der Waals surface area (Å²) in [7, 11) is 5.71. The molecule has 0 fully saturated rings. The van der Waals surface area contributed by atoms with Gasteiger partial charge in [-0.15, -0.1) is 0 Å². The van der Waals surface area contributed by atoms with Crippen LogP contribution >= 0.6 is 23.2 Å². The molecule has 0 saturated heterocycles. The average molecular weight is 464 g/mol. The number of nitrogens with one attached hydrogen (secondary N) is 2. The van der Waals surface area contributed by atoms with E-state index in [1.807, 2.05) is 12.1 Å².